The molecule has 25 heavy (non-hydrogen) atoms. The number of anilines is 1. The summed E-state index contributed by atoms with van der Waals surface area (Å²) in [6.45, 7) is 1.81. The standard InChI is InChI=1S/C17H13ClFNO4S/c1-10-2-5-12(6-3-10)25(23,24)15-9-16(21)20(17(15)22)11-4-7-14(19)13(18)8-11/h2-8,15H,9H2,1H3/t15-/m0/s1. The minimum Gasteiger partial charge on any atom is -0.274 e. The summed E-state index contributed by atoms with van der Waals surface area (Å²) in [6.07, 6.45) is -0.468. The maximum atomic E-state index is 13.3. The maximum absolute atomic E-state index is 13.3. The van der Waals surface area contributed by atoms with Gasteiger partial charge in [-0.15, -0.1) is 0 Å². The van der Waals surface area contributed by atoms with Crippen molar-refractivity contribution in [1.29, 1.82) is 0 Å². The number of halogens is 2. The number of carbonyl (C=O) groups excluding carboxylic acids is 2. The van der Waals surface area contributed by atoms with Gasteiger partial charge in [0.2, 0.25) is 5.91 Å². The molecule has 0 spiro atoms. The van der Waals surface area contributed by atoms with Gasteiger partial charge in [0.15, 0.2) is 15.1 Å². The second kappa shape index (κ2) is 6.24. The average molecular weight is 382 g/mol. The van der Waals surface area contributed by atoms with Crippen LogP contribution in [0.15, 0.2) is 47.4 Å². The summed E-state index contributed by atoms with van der Waals surface area (Å²) < 4.78 is 38.7. The molecule has 2 aromatic rings. The van der Waals surface area contributed by atoms with Crippen LogP contribution >= 0.6 is 11.6 Å². The van der Waals surface area contributed by atoms with E-state index in [9.17, 15) is 22.4 Å². The largest absolute Gasteiger partial charge is 0.274 e. The van der Waals surface area contributed by atoms with E-state index in [-0.39, 0.29) is 15.6 Å². The molecule has 1 saturated heterocycles. The van der Waals surface area contributed by atoms with E-state index >= 15 is 0 Å². The molecule has 8 heteroatoms. The Hall–Kier alpha value is -2.25. The van der Waals surface area contributed by atoms with E-state index in [0.29, 0.717) is 0 Å². The van der Waals surface area contributed by atoms with Crippen molar-refractivity contribution in [2.45, 2.75) is 23.5 Å². The smallest absolute Gasteiger partial charge is 0.253 e. The molecule has 0 N–H and O–H groups in total. The molecule has 0 unspecified atom stereocenters. The fraction of sp³-hybridized carbons (Fsp3) is 0.176. The number of hydrogen-bond donors (Lipinski definition) is 0. The molecule has 0 saturated carbocycles. The molecule has 130 valence electrons. The number of amides is 2. The van der Waals surface area contributed by atoms with Gasteiger partial charge in [-0.05, 0) is 37.3 Å². The number of aryl methyl sites for hydroxylation is 1. The van der Waals surface area contributed by atoms with Crippen LogP contribution in [0, 0.1) is 12.7 Å². The maximum Gasteiger partial charge on any atom is 0.253 e. The third-order valence-corrected chi connectivity index (χ3v) is 6.33. The van der Waals surface area contributed by atoms with E-state index in [2.05, 4.69) is 0 Å². The first-order valence-electron chi connectivity index (χ1n) is 7.34. The Morgan fingerprint density at radius 1 is 1.12 bits per heavy atom. The highest BCUT2D eigenvalue weighted by molar-refractivity contribution is 7.93. The van der Waals surface area contributed by atoms with Gasteiger partial charge >= 0.3 is 0 Å². The summed E-state index contributed by atoms with van der Waals surface area (Å²) in [5.74, 6) is -2.24. The molecule has 0 radical (unpaired) electrons. The molecule has 3 rings (SSSR count). The van der Waals surface area contributed by atoms with Crippen molar-refractivity contribution >= 4 is 38.9 Å². The quantitative estimate of drug-likeness (QED) is 0.766. The Balaban J connectivity index is 1.98. The normalized spacial score (nSPS) is 18.0. The molecule has 1 heterocycles. The molecule has 1 atom stereocenters. The van der Waals surface area contributed by atoms with E-state index in [1.807, 2.05) is 0 Å². The van der Waals surface area contributed by atoms with Crippen LogP contribution in [-0.4, -0.2) is 25.5 Å². The summed E-state index contributed by atoms with van der Waals surface area (Å²) in [6, 6.07) is 9.38. The summed E-state index contributed by atoms with van der Waals surface area (Å²) >= 11 is 5.68. The highest BCUT2D eigenvalue weighted by Crippen LogP contribution is 2.31. The molecular formula is C17H13ClFNO4S. The second-order valence-corrected chi connectivity index (χ2v) is 8.25. The predicted octanol–water partition coefficient (Wildman–Crippen LogP) is 2.89. The van der Waals surface area contributed by atoms with Gasteiger partial charge < -0.3 is 0 Å². The van der Waals surface area contributed by atoms with Crippen molar-refractivity contribution in [3.8, 4) is 0 Å². The lowest BCUT2D eigenvalue weighted by Gasteiger charge is -2.15. The summed E-state index contributed by atoms with van der Waals surface area (Å²) in [5.41, 5.74) is 0.915. The lowest BCUT2D eigenvalue weighted by Crippen LogP contribution is -2.35. The van der Waals surface area contributed by atoms with Crippen LogP contribution in [0.25, 0.3) is 0 Å². The lowest BCUT2D eigenvalue weighted by atomic mass is 10.2. The van der Waals surface area contributed by atoms with Crippen molar-refractivity contribution in [3.63, 3.8) is 0 Å². The van der Waals surface area contributed by atoms with Crippen molar-refractivity contribution in [3.05, 3.63) is 58.9 Å². The number of benzene rings is 2. The van der Waals surface area contributed by atoms with Crippen LogP contribution in [-0.2, 0) is 19.4 Å². The molecule has 2 aromatic carbocycles. The molecular weight excluding hydrogens is 369 g/mol. The second-order valence-electron chi connectivity index (χ2n) is 5.72. The van der Waals surface area contributed by atoms with Gasteiger partial charge in [-0.2, -0.15) is 0 Å². The molecule has 1 aliphatic heterocycles. The van der Waals surface area contributed by atoms with E-state index in [1.54, 1.807) is 19.1 Å². The van der Waals surface area contributed by atoms with Crippen molar-refractivity contribution in [1.82, 2.24) is 0 Å². The summed E-state index contributed by atoms with van der Waals surface area (Å²) in [4.78, 5) is 25.5. The first kappa shape index (κ1) is 17.6. The lowest BCUT2D eigenvalue weighted by molar-refractivity contribution is -0.121. The minimum absolute atomic E-state index is 0.0248. The molecule has 0 aliphatic carbocycles. The fourth-order valence-corrected chi connectivity index (χ4v) is 4.39. The number of hydrogen-bond acceptors (Lipinski definition) is 4. The Bertz CT molecular complexity index is 973. The molecule has 0 bridgehead atoms. The topological polar surface area (TPSA) is 71.5 Å². The Labute approximate surface area is 148 Å². The zero-order chi connectivity index (χ0) is 18.4. The zero-order valence-corrected chi connectivity index (χ0v) is 14.6. The first-order valence-corrected chi connectivity index (χ1v) is 9.26. The monoisotopic (exact) mass is 381 g/mol. The van der Waals surface area contributed by atoms with Crippen LogP contribution in [0.4, 0.5) is 10.1 Å². The average Bonchev–Trinajstić information content (AvgIpc) is 2.86. The zero-order valence-electron chi connectivity index (χ0n) is 13.1. The first-order chi connectivity index (χ1) is 11.7. The van der Waals surface area contributed by atoms with Crippen LogP contribution in [0.1, 0.15) is 12.0 Å². The van der Waals surface area contributed by atoms with Crippen LogP contribution in [0.3, 0.4) is 0 Å². The molecule has 2 amide bonds. The van der Waals surface area contributed by atoms with Gasteiger partial charge in [0.05, 0.1) is 22.0 Å². The number of sulfone groups is 1. The third-order valence-electron chi connectivity index (χ3n) is 3.99. The molecule has 1 aliphatic rings. The molecule has 1 fully saturated rings. The van der Waals surface area contributed by atoms with Gasteiger partial charge in [-0.1, -0.05) is 29.3 Å². The Morgan fingerprint density at radius 3 is 2.36 bits per heavy atom. The fourth-order valence-electron chi connectivity index (χ4n) is 2.63. The van der Waals surface area contributed by atoms with Gasteiger partial charge in [0, 0.05) is 0 Å². The number of carbonyl (C=O) groups is 2. The van der Waals surface area contributed by atoms with Crippen LogP contribution in [0.2, 0.25) is 5.02 Å². The molecule has 0 aromatic heterocycles. The number of rotatable bonds is 3. The molecule has 5 nitrogen and oxygen atoms in total. The van der Waals surface area contributed by atoms with Gasteiger partial charge in [-0.25, -0.2) is 17.7 Å². The van der Waals surface area contributed by atoms with E-state index in [4.69, 9.17) is 11.6 Å². The highest BCUT2D eigenvalue weighted by Gasteiger charge is 2.47. The number of nitrogens with zero attached hydrogens (tertiary/aromatic N) is 1. The Morgan fingerprint density at radius 2 is 1.76 bits per heavy atom. The van der Waals surface area contributed by atoms with E-state index < -0.39 is 39.1 Å². The van der Waals surface area contributed by atoms with Gasteiger partial charge in [0.25, 0.3) is 5.91 Å². The summed E-state index contributed by atoms with van der Waals surface area (Å²) in [7, 11) is -4.02. The van der Waals surface area contributed by atoms with E-state index in [1.165, 1.54) is 18.2 Å². The van der Waals surface area contributed by atoms with Crippen LogP contribution in [0.5, 0.6) is 0 Å². The van der Waals surface area contributed by atoms with E-state index in [0.717, 1.165) is 22.6 Å². The van der Waals surface area contributed by atoms with Crippen molar-refractivity contribution < 1.29 is 22.4 Å². The van der Waals surface area contributed by atoms with Crippen LogP contribution < -0.4 is 4.90 Å². The Kier molecular flexibility index (Phi) is 4.38. The minimum atomic E-state index is -4.02. The third kappa shape index (κ3) is 3.05. The highest BCUT2D eigenvalue weighted by atomic mass is 35.5. The SMILES string of the molecule is Cc1ccc(S(=O)(=O)[C@H]2CC(=O)N(c3ccc(F)c(Cl)c3)C2=O)cc1. The van der Waals surface area contributed by atoms with Crippen molar-refractivity contribution in [2.24, 2.45) is 0 Å². The summed E-state index contributed by atoms with van der Waals surface area (Å²) in [5, 5.41) is -1.77. The van der Waals surface area contributed by atoms with Crippen molar-refractivity contribution in [2.75, 3.05) is 4.90 Å². The van der Waals surface area contributed by atoms with Gasteiger partial charge in [-0.3, -0.25) is 9.59 Å². The predicted molar refractivity (Wildman–Crippen MR) is 90.7 cm³/mol. The number of imide groups is 1. The van der Waals surface area contributed by atoms with Gasteiger partial charge in [0.1, 0.15) is 5.82 Å².